The molecule has 1 fully saturated rings. The highest BCUT2D eigenvalue weighted by atomic mass is 35.5. The van der Waals surface area contributed by atoms with Crippen LogP contribution in [0.2, 0.25) is 10.0 Å². The molecule has 222 valence electrons. The zero-order valence-electron chi connectivity index (χ0n) is 24.0. The van der Waals surface area contributed by atoms with Gasteiger partial charge in [-0.05, 0) is 62.7 Å². The van der Waals surface area contributed by atoms with Gasteiger partial charge in [0.15, 0.2) is 0 Å². The molecule has 11 heteroatoms. The number of amides is 1. The van der Waals surface area contributed by atoms with Gasteiger partial charge in [0.2, 0.25) is 5.95 Å². The van der Waals surface area contributed by atoms with Crippen molar-refractivity contribution in [1.29, 1.82) is 0 Å². The van der Waals surface area contributed by atoms with Crippen LogP contribution in [0.15, 0.2) is 65.5 Å². The summed E-state index contributed by atoms with van der Waals surface area (Å²) < 4.78 is 7.10. The van der Waals surface area contributed by atoms with E-state index in [-0.39, 0.29) is 24.1 Å². The Bertz CT molecular complexity index is 1720. The number of aromatic nitrogens is 3. The van der Waals surface area contributed by atoms with Gasteiger partial charge in [-0.25, -0.2) is 14.5 Å². The second-order valence-electron chi connectivity index (χ2n) is 10.9. The van der Waals surface area contributed by atoms with Gasteiger partial charge in [-0.15, -0.1) is 0 Å². The van der Waals surface area contributed by atoms with Gasteiger partial charge < -0.3 is 19.9 Å². The van der Waals surface area contributed by atoms with Gasteiger partial charge in [-0.2, -0.15) is 0 Å². The summed E-state index contributed by atoms with van der Waals surface area (Å²) in [6.07, 6.45) is 0.395. The maximum Gasteiger partial charge on any atom is 0.263 e. The largest absolute Gasteiger partial charge is 0.378 e. The Morgan fingerprint density at radius 3 is 2.44 bits per heavy atom. The molecule has 2 aliphatic heterocycles. The van der Waals surface area contributed by atoms with Crippen molar-refractivity contribution >= 4 is 40.9 Å². The van der Waals surface area contributed by atoms with Gasteiger partial charge in [0, 0.05) is 42.4 Å². The van der Waals surface area contributed by atoms with Crippen molar-refractivity contribution < 1.29 is 9.53 Å². The second-order valence-corrected chi connectivity index (χ2v) is 11.7. The molecule has 2 aromatic heterocycles. The lowest BCUT2D eigenvalue weighted by Crippen LogP contribution is -2.41. The molecular formula is C32H32Cl2N6O3. The lowest BCUT2D eigenvalue weighted by atomic mass is 10.0. The molecule has 43 heavy (non-hydrogen) atoms. The molecule has 9 nitrogen and oxygen atoms in total. The first-order valence-electron chi connectivity index (χ1n) is 14.3. The summed E-state index contributed by atoms with van der Waals surface area (Å²) in [5.41, 5.74) is 4.00. The number of hydrogen-bond donors (Lipinski definition) is 1. The van der Waals surface area contributed by atoms with Crippen LogP contribution < -0.4 is 15.8 Å². The third-order valence-corrected chi connectivity index (χ3v) is 8.34. The molecule has 1 saturated heterocycles. The number of carbonyl (C=O) groups excluding carboxylic acids is 1. The van der Waals surface area contributed by atoms with Gasteiger partial charge in [0.05, 0.1) is 46.9 Å². The quantitative estimate of drug-likeness (QED) is 0.307. The van der Waals surface area contributed by atoms with Crippen LogP contribution in [-0.4, -0.2) is 64.2 Å². The summed E-state index contributed by atoms with van der Waals surface area (Å²) in [4.78, 5) is 40.9. The molecule has 2 aromatic carbocycles. The lowest BCUT2D eigenvalue weighted by molar-refractivity contribution is 0.0731. The van der Waals surface area contributed by atoms with E-state index in [1.165, 1.54) is 0 Å². The van der Waals surface area contributed by atoms with Crippen LogP contribution in [0.25, 0.3) is 16.9 Å². The monoisotopic (exact) mass is 618 g/mol. The van der Waals surface area contributed by atoms with Crippen molar-refractivity contribution in [3.8, 4) is 16.9 Å². The van der Waals surface area contributed by atoms with E-state index in [2.05, 4.69) is 10.2 Å². The molecule has 0 bridgehead atoms. The fourth-order valence-electron chi connectivity index (χ4n) is 5.40. The molecule has 6 rings (SSSR count). The zero-order valence-corrected chi connectivity index (χ0v) is 25.5. The van der Waals surface area contributed by atoms with Gasteiger partial charge in [0.25, 0.3) is 11.5 Å². The molecule has 0 unspecified atom stereocenters. The Morgan fingerprint density at radius 2 is 1.72 bits per heavy atom. The van der Waals surface area contributed by atoms with Crippen LogP contribution in [0.5, 0.6) is 0 Å². The van der Waals surface area contributed by atoms with Crippen LogP contribution in [0.3, 0.4) is 0 Å². The highest BCUT2D eigenvalue weighted by Crippen LogP contribution is 2.27. The van der Waals surface area contributed by atoms with Crippen LogP contribution in [0.4, 0.5) is 11.8 Å². The third-order valence-electron chi connectivity index (χ3n) is 7.60. The van der Waals surface area contributed by atoms with E-state index >= 15 is 0 Å². The molecular weight excluding hydrogens is 587 g/mol. The van der Waals surface area contributed by atoms with Gasteiger partial charge in [-0.1, -0.05) is 41.4 Å². The highest BCUT2D eigenvalue weighted by molar-refractivity contribution is 6.42. The molecule has 0 aliphatic carbocycles. The predicted molar refractivity (Wildman–Crippen MR) is 170 cm³/mol. The van der Waals surface area contributed by atoms with Gasteiger partial charge in [0.1, 0.15) is 5.82 Å². The molecule has 0 spiro atoms. The van der Waals surface area contributed by atoms with E-state index in [4.69, 9.17) is 37.9 Å². The van der Waals surface area contributed by atoms with Crippen molar-refractivity contribution in [3.63, 3.8) is 0 Å². The third kappa shape index (κ3) is 6.11. The number of fused-ring (bicyclic) bond motifs is 1. The number of halogens is 2. The maximum atomic E-state index is 13.9. The number of rotatable bonds is 6. The highest BCUT2D eigenvalue weighted by Gasteiger charge is 2.28. The van der Waals surface area contributed by atoms with Crippen LogP contribution >= 0.6 is 23.2 Å². The summed E-state index contributed by atoms with van der Waals surface area (Å²) in [5.74, 6) is 1.17. The zero-order chi connectivity index (χ0) is 30.1. The number of morpholine rings is 1. The van der Waals surface area contributed by atoms with Crippen molar-refractivity contribution in [3.05, 3.63) is 97.9 Å². The van der Waals surface area contributed by atoms with E-state index in [1.54, 1.807) is 27.7 Å². The molecule has 1 N–H and O–H groups in total. The van der Waals surface area contributed by atoms with Crippen molar-refractivity contribution in [2.45, 2.75) is 32.9 Å². The van der Waals surface area contributed by atoms with Gasteiger partial charge in [-0.3, -0.25) is 9.59 Å². The number of nitrogens with zero attached hydrogens (tertiary/aromatic N) is 5. The first-order chi connectivity index (χ1) is 20.8. The van der Waals surface area contributed by atoms with Crippen molar-refractivity contribution in [1.82, 2.24) is 19.4 Å². The second kappa shape index (κ2) is 12.4. The standard InChI is InChI=1S/C32H32Cl2N6O3/c1-20(2)35-32-37-28-19-39(30(41)22-8-11-25(33)26(34)18-22)13-12-24(28)31(42)40(32)23-9-6-21(7-10-23)27-4-3-5-29(36-27)38-14-16-43-17-15-38/h3-11,18,20H,12-17,19H2,1-2H3,(H,35,37). The van der Waals surface area contributed by atoms with Crippen molar-refractivity contribution in [2.75, 3.05) is 43.1 Å². The Morgan fingerprint density at radius 1 is 0.953 bits per heavy atom. The molecule has 4 aromatic rings. The minimum absolute atomic E-state index is 0.0279. The van der Waals surface area contributed by atoms with Crippen molar-refractivity contribution in [2.24, 2.45) is 0 Å². The Labute approximate surface area is 260 Å². The summed E-state index contributed by atoms with van der Waals surface area (Å²) in [7, 11) is 0. The van der Waals surface area contributed by atoms with Crippen LogP contribution in [-0.2, 0) is 17.7 Å². The molecule has 1 amide bonds. The van der Waals surface area contributed by atoms with Gasteiger partial charge >= 0.3 is 0 Å². The topological polar surface area (TPSA) is 92.6 Å². The normalized spacial score (nSPS) is 15.0. The Hall–Kier alpha value is -3.92. The smallest absolute Gasteiger partial charge is 0.263 e. The molecule has 2 aliphatic rings. The fourth-order valence-corrected chi connectivity index (χ4v) is 5.70. The molecule has 0 saturated carbocycles. The molecule has 0 radical (unpaired) electrons. The number of carbonyl (C=O) groups is 1. The van der Waals surface area contributed by atoms with E-state index in [1.807, 2.05) is 56.3 Å². The van der Waals surface area contributed by atoms with E-state index < -0.39 is 0 Å². The summed E-state index contributed by atoms with van der Waals surface area (Å²) in [6.45, 7) is 7.63. The maximum absolute atomic E-state index is 13.9. The Balaban J connectivity index is 1.30. The average molecular weight is 620 g/mol. The number of nitrogens with one attached hydrogen (secondary N) is 1. The number of anilines is 2. The first-order valence-corrected chi connectivity index (χ1v) is 15.1. The number of benzene rings is 2. The van der Waals surface area contributed by atoms with E-state index in [9.17, 15) is 9.59 Å². The summed E-state index contributed by atoms with van der Waals surface area (Å²) in [5, 5.41) is 4.04. The molecule has 0 atom stereocenters. The Kier molecular flexibility index (Phi) is 8.38. The minimum Gasteiger partial charge on any atom is -0.378 e. The van der Waals surface area contributed by atoms with Crippen LogP contribution in [0.1, 0.15) is 35.5 Å². The summed E-state index contributed by atoms with van der Waals surface area (Å²) >= 11 is 12.2. The lowest BCUT2D eigenvalue weighted by Gasteiger charge is -2.29. The first kappa shape index (κ1) is 29.2. The number of pyridine rings is 1. The fraction of sp³-hybridized carbons (Fsp3) is 0.312. The van der Waals surface area contributed by atoms with E-state index in [0.717, 1.165) is 30.2 Å². The number of ether oxygens (including phenoxy) is 1. The van der Waals surface area contributed by atoms with E-state index in [0.29, 0.717) is 64.7 Å². The van der Waals surface area contributed by atoms with Crippen LogP contribution in [0, 0.1) is 0 Å². The average Bonchev–Trinajstić information content (AvgIpc) is 3.02. The summed E-state index contributed by atoms with van der Waals surface area (Å²) in [6, 6.07) is 18.7. The minimum atomic E-state index is -0.185. The molecule has 4 heterocycles. The predicted octanol–water partition coefficient (Wildman–Crippen LogP) is 5.46. The number of hydrogen-bond acceptors (Lipinski definition) is 7. The SMILES string of the molecule is CC(C)Nc1nc2c(c(=O)n1-c1ccc(-c3cccc(N4CCOCC4)n3)cc1)CCN(C(=O)c1ccc(Cl)c(Cl)c1)C2.